The number of carboxylic acid groups (broad SMARTS) is 3. The molecule has 0 atom stereocenters. The van der Waals surface area contributed by atoms with E-state index in [4.69, 9.17) is 15.9 Å². The smallest absolute Gasteiger partial charge is 0.335 e. The van der Waals surface area contributed by atoms with Crippen LogP contribution in [0.3, 0.4) is 0 Å². The van der Waals surface area contributed by atoms with Crippen LogP contribution in [0.2, 0.25) is 0 Å². The molecule has 0 radical (unpaired) electrons. The number of hydrogen-bond acceptors (Lipinski definition) is 6. The number of carboxylic acids is 3. The molecule has 0 aromatic carbocycles. The maximum absolute atomic E-state index is 11.4. The second-order valence-corrected chi connectivity index (χ2v) is 5.30. The fourth-order valence-corrected chi connectivity index (χ4v) is 2.20. The largest absolute Gasteiger partial charge is 0.478 e. The van der Waals surface area contributed by atoms with E-state index in [1.54, 1.807) is 0 Å². The summed E-state index contributed by atoms with van der Waals surface area (Å²) >= 11 is 0. The molecule has 0 saturated heterocycles. The first-order valence-electron chi connectivity index (χ1n) is 7.57. The van der Waals surface area contributed by atoms with Crippen LogP contribution in [0.1, 0.15) is 26.4 Å². The van der Waals surface area contributed by atoms with E-state index >= 15 is 0 Å². The number of nitrogens with two attached hydrogens (primary N) is 1. The number of rotatable bonds is 7. The van der Waals surface area contributed by atoms with Crippen LogP contribution in [0.25, 0.3) is 11.4 Å². The van der Waals surface area contributed by atoms with Crippen LogP contribution in [0, 0.1) is 0 Å². The third-order valence-corrected chi connectivity index (χ3v) is 3.45. The zero-order valence-electron chi connectivity index (χ0n) is 13.9. The molecule has 0 aliphatic carbocycles. The molecule has 0 spiro atoms. The van der Waals surface area contributed by atoms with Crippen LogP contribution in [-0.2, 0) is 11.2 Å². The predicted octanol–water partition coefficient (Wildman–Crippen LogP) is 1.57. The number of aliphatic carboxylic acids is 1. The van der Waals surface area contributed by atoms with Crippen LogP contribution in [0.15, 0.2) is 54.4 Å². The third-order valence-electron chi connectivity index (χ3n) is 3.45. The summed E-state index contributed by atoms with van der Waals surface area (Å²) in [5, 5.41) is 27.5. The van der Waals surface area contributed by atoms with Gasteiger partial charge in [-0.05, 0) is 36.5 Å². The van der Waals surface area contributed by atoms with Gasteiger partial charge in [-0.2, -0.15) is 0 Å². The Bertz CT molecular complexity index is 965. The molecule has 0 fully saturated rings. The third kappa shape index (κ3) is 4.98. The predicted molar refractivity (Wildman–Crippen MR) is 94.1 cm³/mol. The highest BCUT2D eigenvalue weighted by molar-refractivity contribution is 5.91. The standard InChI is InChI=1S/C18H15N3O6/c19-5-3-10(16(22)23)1-2-13-7-12(18(26)27)9-15(21-13)14-8-11(17(24)25)4-6-20-14/h1,3-9H,2,19H2,(H,22,23)(H,24,25)(H,26,27)/b5-3-,10-1+. The first-order valence-corrected chi connectivity index (χ1v) is 7.57. The van der Waals surface area contributed by atoms with Crippen molar-refractivity contribution in [1.82, 2.24) is 9.97 Å². The van der Waals surface area contributed by atoms with E-state index in [1.165, 1.54) is 42.6 Å². The monoisotopic (exact) mass is 369 g/mol. The van der Waals surface area contributed by atoms with Crippen molar-refractivity contribution >= 4 is 17.9 Å². The van der Waals surface area contributed by atoms with Crippen molar-refractivity contribution in [2.24, 2.45) is 5.73 Å². The van der Waals surface area contributed by atoms with E-state index < -0.39 is 17.9 Å². The molecule has 0 bridgehead atoms. The first kappa shape index (κ1) is 19.3. The lowest BCUT2D eigenvalue weighted by molar-refractivity contribution is -0.132. The molecule has 9 heteroatoms. The summed E-state index contributed by atoms with van der Waals surface area (Å²) in [5.74, 6) is -3.56. The second kappa shape index (κ2) is 8.39. The number of aromatic nitrogens is 2. The molecule has 138 valence electrons. The molecule has 27 heavy (non-hydrogen) atoms. The maximum Gasteiger partial charge on any atom is 0.335 e. The number of carbonyl (C=O) groups is 3. The Hall–Kier alpha value is -4.01. The molecule has 2 rings (SSSR count). The van der Waals surface area contributed by atoms with Gasteiger partial charge >= 0.3 is 17.9 Å². The minimum Gasteiger partial charge on any atom is -0.478 e. The number of nitrogens with zero attached hydrogens (tertiary/aromatic N) is 2. The summed E-state index contributed by atoms with van der Waals surface area (Å²) in [4.78, 5) is 41.9. The van der Waals surface area contributed by atoms with Gasteiger partial charge in [0.05, 0.1) is 28.1 Å². The summed E-state index contributed by atoms with van der Waals surface area (Å²) in [6.07, 6.45) is 4.92. The van der Waals surface area contributed by atoms with Crippen molar-refractivity contribution < 1.29 is 29.7 Å². The van der Waals surface area contributed by atoms with Gasteiger partial charge in [0.15, 0.2) is 0 Å². The molecule has 2 heterocycles. The molecule has 0 amide bonds. The van der Waals surface area contributed by atoms with Crippen LogP contribution >= 0.6 is 0 Å². The zero-order chi connectivity index (χ0) is 20.0. The Labute approximate surface area is 153 Å². The Balaban J connectivity index is 2.50. The minimum atomic E-state index is -1.21. The molecule has 0 unspecified atom stereocenters. The van der Waals surface area contributed by atoms with E-state index in [-0.39, 0.29) is 40.2 Å². The lowest BCUT2D eigenvalue weighted by atomic mass is 10.1. The fourth-order valence-electron chi connectivity index (χ4n) is 2.20. The van der Waals surface area contributed by atoms with Gasteiger partial charge in [0.2, 0.25) is 0 Å². The molecule has 5 N–H and O–H groups in total. The van der Waals surface area contributed by atoms with Gasteiger partial charge in [-0.25, -0.2) is 14.4 Å². The highest BCUT2D eigenvalue weighted by Crippen LogP contribution is 2.19. The number of pyridine rings is 2. The van der Waals surface area contributed by atoms with Crippen LogP contribution < -0.4 is 5.73 Å². The molecule has 0 aliphatic heterocycles. The van der Waals surface area contributed by atoms with Gasteiger partial charge < -0.3 is 21.1 Å². The SMILES string of the molecule is N/C=C\C(=C/Cc1cc(C(=O)O)cc(-c2cc(C(=O)O)ccn2)n1)C(=O)O. The van der Waals surface area contributed by atoms with Gasteiger partial charge in [-0.15, -0.1) is 0 Å². The summed E-state index contributed by atoms with van der Waals surface area (Å²) in [5.41, 5.74) is 5.64. The average molecular weight is 369 g/mol. The lowest BCUT2D eigenvalue weighted by Gasteiger charge is -2.06. The Morgan fingerprint density at radius 3 is 2.26 bits per heavy atom. The van der Waals surface area contributed by atoms with E-state index in [2.05, 4.69) is 9.97 Å². The van der Waals surface area contributed by atoms with Gasteiger partial charge in [0, 0.05) is 18.3 Å². The van der Waals surface area contributed by atoms with Gasteiger partial charge in [-0.1, -0.05) is 6.08 Å². The first-order chi connectivity index (χ1) is 12.8. The fraction of sp³-hybridized carbons (Fsp3) is 0.0556. The molecule has 0 saturated carbocycles. The normalized spacial score (nSPS) is 11.5. The average Bonchev–Trinajstić information content (AvgIpc) is 2.64. The molecule has 0 aliphatic rings. The molecule has 2 aromatic rings. The summed E-state index contributed by atoms with van der Waals surface area (Å²) in [6, 6.07) is 5.14. The lowest BCUT2D eigenvalue weighted by Crippen LogP contribution is -2.04. The van der Waals surface area contributed by atoms with Crippen molar-refractivity contribution in [3.63, 3.8) is 0 Å². The van der Waals surface area contributed by atoms with E-state index in [0.29, 0.717) is 0 Å². The van der Waals surface area contributed by atoms with Gasteiger partial charge in [-0.3, -0.25) is 9.97 Å². The number of aromatic carboxylic acids is 2. The van der Waals surface area contributed by atoms with E-state index in [1.807, 2.05) is 0 Å². The van der Waals surface area contributed by atoms with Gasteiger partial charge in [0.25, 0.3) is 0 Å². The number of allylic oxidation sites excluding steroid dienone is 1. The zero-order valence-corrected chi connectivity index (χ0v) is 13.9. The van der Waals surface area contributed by atoms with Crippen molar-refractivity contribution in [3.05, 3.63) is 71.2 Å². The highest BCUT2D eigenvalue weighted by atomic mass is 16.4. The molecule has 2 aromatic heterocycles. The second-order valence-electron chi connectivity index (χ2n) is 5.30. The van der Waals surface area contributed by atoms with E-state index in [0.717, 1.165) is 6.20 Å². The van der Waals surface area contributed by atoms with Crippen LogP contribution in [0.4, 0.5) is 0 Å². The minimum absolute atomic E-state index is 0.0229. The van der Waals surface area contributed by atoms with Crippen molar-refractivity contribution in [1.29, 1.82) is 0 Å². The Kier molecular flexibility index (Phi) is 6.00. The van der Waals surface area contributed by atoms with E-state index in [9.17, 15) is 19.5 Å². The van der Waals surface area contributed by atoms with Crippen LogP contribution in [-0.4, -0.2) is 43.2 Å². The van der Waals surface area contributed by atoms with Crippen molar-refractivity contribution in [3.8, 4) is 11.4 Å². The molecular weight excluding hydrogens is 354 g/mol. The summed E-state index contributed by atoms with van der Waals surface area (Å²) in [6.45, 7) is 0. The van der Waals surface area contributed by atoms with Crippen molar-refractivity contribution in [2.75, 3.05) is 0 Å². The number of hydrogen-bond donors (Lipinski definition) is 4. The quantitative estimate of drug-likeness (QED) is 0.419. The summed E-state index contributed by atoms with van der Waals surface area (Å²) in [7, 11) is 0. The maximum atomic E-state index is 11.4. The molecular formula is C18H15N3O6. The van der Waals surface area contributed by atoms with Crippen molar-refractivity contribution in [2.45, 2.75) is 6.42 Å². The van der Waals surface area contributed by atoms with Crippen LogP contribution in [0.5, 0.6) is 0 Å². The Morgan fingerprint density at radius 1 is 1.00 bits per heavy atom. The molecule has 9 nitrogen and oxygen atoms in total. The highest BCUT2D eigenvalue weighted by Gasteiger charge is 2.13. The topological polar surface area (TPSA) is 164 Å². The van der Waals surface area contributed by atoms with Gasteiger partial charge in [0.1, 0.15) is 0 Å². The summed E-state index contributed by atoms with van der Waals surface area (Å²) < 4.78 is 0. The Morgan fingerprint density at radius 2 is 1.67 bits per heavy atom.